The number of methoxy groups -OCH3 is 1. The van der Waals surface area contributed by atoms with Gasteiger partial charge in [-0.2, -0.15) is 0 Å². The maximum absolute atomic E-state index is 5.63. The van der Waals surface area contributed by atoms with E-state index in [1.54, 1.807) is 7.11 Å². The molecule has 0 spiro atoms. The summed E-state index contributed by atoms with van der Waals surface area (Å²) in [5.74, 6) is 2.32. The molecule has 0 saturated heterocycles. The van der Waals surface area contributed by atoms with Gasteiger partial charge in [0.2, 0.25) is 0 Å². The fraction of sp³-hybridized carbons (Fsp3) is 0.200. The molecule has 0 N–H and O–H groups in total. The molecule has 0 unspecified atom stereocenters. The first-order chi connectivity index (χ1) is 9.29. The topological polar surface area (TPSA) is 27.7 Å². The maximum atomic E-state index is 5.63. The van der Waals surface area contributed by atoms with E-state index < -0.39 is 0 Å². The quantitative estimate of drug-likeness (QED) is 0.573. The van der Waals surface area contributed by atoms with Crippen molar-refractivity contribution in [2.45, 2.75) is 0 Å². The molecule has 2 aromatic rings. The second-order valence-electron chi connectivity index (χ2n) is 3.81. The van der Waals surface area contributed by atoms with Crippen molar-refractivity contribution in [2.75, 3.05) is 20.3 Å². The van der Waals surface area contributed by atoms with Crippen LogP contribution in [0.1, 0.15) is 0 Å². The summed E-state index contributed by atoms with van der Waals surface area (Å²) >= 11 is 2.26. The third-order valence-electron chi connectivity index (χ3n) is 2.47. The Morgan fingerprint density at radius 1 is 0.895 bits per heavy atom. The molecule has 19 heavy (non-hydrogen) atoms. The first kappa shape index (κ1) is 14.0. The predicted molar refractivity (Wildman–Crippen MR) is 83.1 cm³/mol. The van der Waals surface area contributed by atoms with Crippen LogP contribution in [-0.2, 0) is 0 Å². The largest absolute Gasteiger partial charge is 0.493 e. The van der Waals surface area contributed by atoms with Crippen LogP contribution in [0.2, 0.25) is 0 Å². The smallest absolute Gasteiger partial charge is 0.161 e. The number of halogens is 1. The van der Waals surface area contributed by atoms with E-state index in [1.165, 1.54) is 0 Å². The van der Waals surface area contributed by atoms with Crippen molar-refractivity contribution in [2.24, 2.45) is 0 Å². The summed E-state index contributed by atoms with van der Waals surface area (Å²) in [7, 11) is 1.63. The first-order valence-corrected chi connectivity index (χ1v) is 7.01. The average molecular weight is 370 g/mol. The van der Waals surface area contributed by atoms with Gasteiger partial charge in [-0.05, 0) is 52.9 Å². The molecule has 0 atom stereocenters. The van der Waals surface area contributed by atoms with E-state index in [0.29, 0.717) is 13.2 Å². The molecule has 0 heterocycles. The van der Waals surface area contributed by atoms with Gasteiger partial charge in [-0.1, -0.05) is 18.2 Å². The SMILES string of the molecule is COc1ccccc1OCCOc1cccc(I)c1. The Labute approximate surface area is 126 Å². The Hall–Kier alpha value is -1.43. The number of rotatable bonds is 6. The van der Waals surface area contributed by atoms with E-state index in [4.69, 9.17) is 14.2 Å². The zero-order valence-corrected chi connectivity index (χ0v) is 12.8. The van der Waals surface area contributed by atoms with E-state index in [0.717, 1.165) is 20.8 Å². The summed E-state index contributed by atoms with van der Waals surface area (Å²) in [6.45, 7) is 0.976. The minimum absolute atomic E-state index is 0.478. The molecular formula is C15H15IO3. The van der Waals surface area contributed by atoms with Crippen LogP contribution in [-0.4, -0.2) is 20.3 Å². The van der Waals surface area contributed by atoms with E-state index in [-0.39, 0.29) is 0 Å². The number of para-hydroxylation sites is 2. The van der Waals surface area contributed by atoms with Crippen molar-refractivity contribution in [3.8, 4) is 17.2 Å². The predicted octanol–water partition coefficient (Wildman–Crippen LogP) is 3.76. The summed E-state index contributed by atoms with van der Waals surface area (Å²) in [6.07, 6.45) is 0. The molecule has 0 radical (unpaired) electrons. The molecule has 0 aliphatic carbocycles. The molecular weight excluding hydrogens is 355 g/mol. The number of hydrogen-bond acceptors (Lipinski definition) is 3. The van der Waals surface area contributed by atoms with Gasteiger partial charge in [-0.15, -0.1) is 0 Å². The molecule has 0 aromatic heterocycles. The van der Waals surface area contributed by atoms with Crippen LogP contribution in [0.25, 0.3) is 0 Å². The third-order valence-corrected chi connectivity index (χ3v) is 3.15. The van der Waals surface area contributed by atoms with E-state index >= 15 is 0 Å². The van der Waals surface area contributed by atoms with Crippen molar-refractivity contribution in [1.82, 2.24) is 0 Å². The summed E-state index contributed by atoms with van der Waals surface area (Å²) in [4.78, 5) is 0. The molecule has 0 aliphatic rings. The van der Waals surface area contributed by atoms with Crippen LogP contribution >= 0.6 is 22.6 Å². The lowest BCUT2D eigenvalue weighted by Crippen LogP contribution is -2.09. The van der Waals surface area contributed by atoms with Crippen LogP contribution in [0.5, 0.6) is 17.2 Å². The van der Waals surface area contributed by atoms with Crippen molar-refractivity contribution in [3.63, 3.8) is 0 Å². The minimum Gasteiger partial charge on any atom is -0.493 e. The summed E-state index contributed by atoms with van der Waals surface area (Å²) in [5.41, 5.74) is 0. The monoisotopic (exact) mass is 370 g/mol. The van der Waals surface area contributed by atoms with Crippen molar-refractivity contribution < 1.29 is 14.2 Å². The second kappa shape index (κ2) is 7.23. The average Bonchev–Trinajstić information content (AvgIpc) is 2.44. The van der Waals surface area contributed by atoms with Gasteiger partial charge in [-0.3, -0.25) is 0 Å². The van der Waals surface area contributed by atoms with Crippen molar-refractivity contribution in [1.29, 1.82) is 0 Å². The highest BCUT2D eigenvalue weighted by molar-refractivity contribution is 14.1. The highest BCUT2D eigenvalue weighted by Crippen LogP contribution is 2.25. The van der Waals surface area contributed by atoms with Gasteiger partial charge in [0, 0.05) is 3.57 Å². The Morgan fingerprint density at radius 2 is 1.63 bits per heavy atom. The highest BCUT2D eigenvalue weighted by Gasteiger charge is 2.02. The van der Waals surface area contributed by atoms with Crippen LogP contribution in [0.4, 0.5) is 0 Å². The van der Waals surface area contributed by atoms with E-state index in [1.807, 2.05) is 48.5 Å². The number of ether oxygens (including phenoxy) is 3. The summed E-state index contributed by atoms with van der Waals surface area (Å²) in [6, 6.07) is 15.5. The molecule has 0 bridgehead atoms. The maximum Gasteiger partial charge on any atom is 0.161 e. The Morgan fingerprint density at radius 3 is 2.37 bits per heavy atom. The van der Waals surface area contributed by atoms with Gasteiger partial charge in [0.05, 0.1) is 7.11 Å². The Balaban J connectivity index is 1.81. The lowest BCUT2D eigenvalue weighted by Gasteiger charge is -2.11. The lowest BCUT2D eigenvalue weighted by atomic mass is 10.3. The first-order valence-electron chi connectivity index (χ1n) is 5.94. The van der Waals surface area contributed by atoms with Crippen LogP contribution < -0.4 is 14.2 Å². The zero-order chi connectivity index (χ0) is 13.5. The highest BCUT2D eigenvalue weighted by atomic mass is 127. The summed E-state index contributed by atoms with van der Waals surface area (Å²) < 4.78 is 17.6. The van der Waals surface area contributed by atoms with Crippen LogP contribution in [0.15, 0.2) is 48.5 Å². The summed E-state index contributed by atoms with van der Waals surface area (Å²) in [5, 5.41) is 0. The lowest BCUT2D eigenvalue weighted by molar-refractivity contribution is 0.211. The molecule has 0 amide bonds. The third kappa shape index (κ3) is 4.31. The van der Waals surface area contributed by atoms with Gasteiger partial charge in [0.15, 0.2) is 11.5 Å². The molecule has 0 fully saturated rings. The van der Waals surface area contributed by atoms with Crippen LogP contribution in [0.3, 0.4) is 0 Å². The molecule has 3 nitrogen and oxygen atoms in total. The molecule has 0 saturated carbocycles. The number of hydrogen-bond donors (Lipinski definition) is 0. The fourth-order valence-corrected chi connectivity index (χ4v) is 2.12. The minimum atomic E-state index is 0.478. The zero-order valence-electron chi connectivity index (χ0n) is 10.6. The van der Waals surface area contributed by atoms with Gasteiger partial charge >= 0.3 is 0 Å². The van der Waals surface area contributed by atoms with Crippen molar-refractivity contribution >= 4 is 22.6 Å². The molecule has 2 rings (SSSR count). The molecule has 0 aliphatic heterocycles. The van der Waals surface area contributed by atoms with Gasteiger partial charge in [-0.25, -0.2) is 0 Å². The van der Waals surface area contributed by atoms with Gasteiger partial charge in [0.1, 0.15) is 19.0 Å². The normalized spacial score (nSPS) is 10.0. The Kier molecular flexibility index (Phi) is 5.32. The van der Waals surface area contributed by atoms with E-state index in [2.05, 4.69) is 22.6 Å². The molecule has 2 aromatic carbocycles. The molecule has 4 heteroatoms. The van der Waals surface area contributed by atoms with Crippen LogP contribution in [0, 0.1) is 3.57 Å². The van der Waals surface area contributed by atoms with Gasteiger partial charge < -0.3 is 14.2 Å². The van der Waals surface area contributed by atoms with Gasteiger partial charge in [0.25, 0.3) is 0 Å². The molecule has 100 valence electrons. The van der Waals surface area contributed by atoms with Crippen molar-refractivity contribution in [3.05, 3.63) is 52.1 Å². The standard InChI is InChI=1S/C15H15IO3/c1-17-14-7-2-3-8-15(14)19-10-9-18-13-6-4-5-12(16)11-13/h2-8,11H,9-10H2,1H3. The van der Waals surface area contributed by atoms with E-state index in [9.17, 15) is 0 Å². The number of benzene rings is 2. The second-order valence-corrected chi connectivity index (χ2v) is 5.05. The Bertz CT molecular complexity index is 528. The fourth-order valence-electron chi connectivity index (χ4n) is 1.61.